The number of fused-ring (bicyclic) bond motifs is 5. The fourth-order valence-electron chi connectivity index (χ4n) is 5.35. The summed E-state index contributed by atoms with van der Waals surface area (Å²) in [5.41, 5.74) is 1.89. The van der Waals surface area contributed by atoms with Gasteiger partial charge in [0.15, 0.2) is 74.3 Å². The van der Waals surface area contributed by atoms with Crippen molar-refractivity contribution in [3.05, 3.63) is 83.4 Å². The van der Waals surface area contributed by atoms with Gasteiger partial charge in [-0.2, -0.15) is 0 Å². The molecule has 50 heavy (non-hydrogen) atoms. The minimum Gasteiger partial charge on any atom is -0.233 e. The predicted octanol–water partition coefficient (Wildman–Crippen LogP) is 11.7. The van der Waals surface area contributed by atoms with E-state index in [1.165, 1.54) is 45.3 Å². The van der Waals surface area contributed by atoms with Crippen molar-refractivity contribution in [3.63, 3.8) is 0 Å². The molecule has 10 aromatic rings. The highest BCUT2D eigenvalue weighted by Gasteiger charge is 2.21. The van der Waals surface area contributed by atoms with Gasteiger partial charge in [-0.1, -0.05) is 45.3 Å². The van der Waals surface area contributed by atoms with E-state index < -0.39 is 34.9 Å². The zero-order valence-corrected chi connectivity index (χ0v) is 28.9. The first kappa shape index (κ1) is 30.4. The van der Waals surface area contributed by atoms with Gasteiger partial charge in [0.05, 0.1) is 20.4 Å². The first-order chi connectivity index (χ1) is 24.1. The van der Waals surface area contributed by atoms with Crippen LogP contribution in [0, 0.1) is 34.9 Å². The fraction of sp³-hybridized carbons (Fsp3) is 0. The van der Waals surface area contributed by atoms with E-state index in [0.717, 1.165) is 78.1 Å². The normalized spacial score (nSPS) is 12.2. The van der Waals surface area contributed by atoms with E-state index in [-0.39, 0.29) is 11.1 Å². The van der Waals surface area contributed by atoms with Crippen molar-refractivity contribution in [3.8, 4) is 41.2 Å². The molecule has 0 aliphatic rings. The highest BCUT2D eigenvalue weighted by Crippen LogP contribution is 2.43. The molecule has 0 aliphatic carbocycles. The van der Waals surface area contributed by atoms with E-state index >= 15 is 0 Å². The van der Waals surface area contributed by atoms with Crippen LogP contribution in [0.4, 0.5) is 26.3 Å². The highest BCUT2D eigenvalue weighted by molar-refractivity contribution is 7.32. The molecule has 0 saturated heterocycles. The molecule has 6 nitrogen and oxygen atoms in total. The third-order valence-electron chi connectivity index (χ3n) is 7.63. The number of hydrogen-bond acceptors (Lipinski definition) is 12. The van der Waals surface area contributed by atoms with E-state index in [9.17, 15) is 26.3 Å². The SMILES string of the molecule is Fc1cc(-c2nc3sc(-c4nc5cc6cc7sc(-c8nc9sc(-c%10cc(F)c(F)c(F)c%10)nc9s8)nc7cc6cc5s4)nc3s2)cc(F)c1F. The lowest BCUT2D eigenvalue weighted by atomic mass is 10.1. The van der Waals surface area contributed by atoms with Crippen molar-refractivity contribution in [2.45, 2.75) is 0 Å². The van der Waals surface area contributed by atoms with Gasteiger partial charge in [-0.3, -0.25) is 0 Å². The Labute approximate surface area is 297 Å². The van der Waals surface area contributed by atoms with Crippen molar-refractivity contribution < 1.29 is 26.3 Å². The van der Waals surface area contributed by atoms with E-state index in [1.807, 2.05) is 12.1 Å². The Bertz CT molecular complexity index is 2670. The van der Waals surface area contributed by atoms with E-state index in [0.29, 0.717) is 49.4 Å². The second kappa shape index (κ2) is 11.0. The molecule has 0 amide bonds. The molecule has 0 saturated carbocycles. The summed E-state index contributed by atoms with van der Waals surface area (Å²) in [6.07, 6.45) is 0. The van der Waals surface area contributed by atoms with Crippen LogP contribution in [0.2, 0.25) is 0 Å². The number of rotatable bonds is 4. The number of thiazole rings is 6. The monoisotopic (exact) mass is 782 g/mol. The summed E-state index contributed by atoms with van der Waals surface area (Å²) in [4.78, 5) is 30.3. The van der Waals surface area contributed by atoms with Crippen molar-refractivity contribution in [1.29, 1.82) is 0 Å². The molecule has 6 aromatic heterocycles. The lowest BCUT2D eigenvalue weighted by Crippen LogP contribution is -1.91. The molecule has 6 heterocycles. The topological polar surface area (TPSA) is 77.3 Å². The summed E-state index contributed by atoms with van der Waals surface area (Å²) in [5.74, 6) is -8.15. The molecule has 0 N–H and O–H groups in total. The molecule has 4 aromatic carbocycles. The number of halogens is 6. The lowest BCUT2D eigenvalue weighted by Gasteiger charge is -1.99. The summed E-state index contributed by atoms with van der Waals surface area (Å²) in [6, 6.07) is 11.8. The van der Waals surface area contributed by atoms with Gasteiger partial charge in [0.2, 0.25) is 0 Å². The third-order valence-corrected chi connectivity index (χ3v) is 14.1. The van der Waals surface area contributed by atoms with Crippen molar-refractivity contribution >= 4 is 119 Å². The Hall–Kier alpha value is -4.46. The van der Waals surface area contributed by atoms with E-state index in [2.05, 4.69) is 32.1 Å². The average Bonchev–Trinajstić information content (AvgIpc) is 3.91. The molecule has 0 spiro atoms. The smallest absolute Gasteiger partial charge is 0.194 e. The van der Waals surface area contributed by atoms with Crippen LogP contribution in [0.25, 0.3) is 91.7 Å². The van der Waals surface area contributed by atoms with Gasteiger partial charge >= 0.3 is 0 Å². The lowest BCUT2D eigenvalue weighted by molar-refractivity contribution is 0.447. The Kier molecular flexibility index (Phi) is 6.69. The molecule has 18 heteroatoms. The van der Waals surface area contributed by atoms with Crippen LogP contribution in [0.15, 0.2) is 48.5 Å². The van der Waals surface area contributed by atoms with Crippen molar-refractivity contribution in [1.82, 2.24) is 29.9 Å². The summed E-state index contributed by atoms with van der Waals surface area (Å²) in [5, 5.41) is 5.40. The predicted molar refractivity (Wildman–Crippen MR) is 189 cm³/mol. The Morgan fingerprint density at radius 1 is 0.340 bits per heavy atom. The third kappa shape index (κ3) is 4.84. The van der Waals surface area contributed by atoms with Gasteiger partial charge in [-0.15, -0.1) is 22.7 Å². The number of hydrogen-bond donors (Lipinski definition) is 0. The Morgan fingerprint density at radius 3 is 1.04 bits per heavy atom. The number of benzene rings is 4. The molecule has 0 bridgehead atoms. The van der Waals surface area contributed by atoms with Crippen molar-refractivity contribution in [2.24, 2.45) is 0 Å². The quantitative estimate of drug-likeness (QED) is 0.131. The first-order valence-corrected chi connectivity index (χ1v) is 19.0. The van der Waals surface area contributed by atoms with Gasteiger partial charge in [0, 0.05) is 11.1 Å². The summed E-state index contributed by atoms with van der Waals surface area (Å²) in [7, 11) is 0. The number of aromatic nitrogens is 6. The molecule has 0 aliphatic heterocycles. The van der Waals surface area contributed by atoms with Gasteiger partial charge in [-0.05, 0) is 59.3 Å². The minimum atomic E-state index is -1.52. The average molecular weight is 783 g/mol. The molecular formula is C32H8F6N6S6. The van der Waals surface area contributed by atoms with Crippen LogP contribution in [-0.2, 0) is 0 Å². The molecule has 0 radical (unpaired) electrons. The molecular weight excluding hydrogens is 775 g/mol. The Morgan fingerprint density at radius 2 is 0.660 bits per heavy atom. The zero-order chi connectivity index (χ0) is 34.0. The van der Waals surface area contributed by atoms with Gasteiger partial charge < -0.3 is 0 Å². The summed E-state index contributed by atoms with van der Waals surface area (Å²) >= 11 is 7.93. The molecule has 0 fully saturated rings. The zero-order valence-electron chi connectivity index (χ0n) is 24.0. The van der Waals surface area contributed by atoms with E-state index in [4.69, 9.17) is 9.97 Å². The second-order valence-electron chi connectivity index (χ2n) is 10.8. The molecule has 0 unspecified atom stereocenters. The largest absolute Gasteiger partial charge is 0.233 e. The highest BCUT2D eigenvalue weighted by atomic mass is 32.1. The molecule has 10 rings (SSSR count). The first-order valence-electron chi connectivity index (χ1n) is 14.1. The standard InChI is InChI=1S/C32H8F6N6S6/c33-13-1-11(2-14(34)21(13)37)23-41-29-31(47-23)43-27(49-29)25-39-17-5-9-8-20-18(6-10(9)7-19(17)45-25)40-26(46-20)28-44-32-30(50-28)42-24(48-32)12-3-15(35)22(38)16(36)4-12/h1-8H. The van der Waals surface area contributed by atoms with Crippen LogP contribution in [0.5, 0.6) is 0 Å². The maximum absolute atomic E-state index is 13.8. The summed E-state index contributed by atoms with van der Waals surface area (Å²) < 4.78 is 83.8. The second-order valence-corrected chi connectivity index (χ2v) is 16.8. The van der Waals surface area contributed by atoms with Crippen LogP contribution in [-0.4, -0.2) is 29.9 Å². The molecule has 244 valence electrons. The minimum absolute atomic E-state index is 0.143. The van der Waals surface area contributed by atoms with Crippen LogP contribution >= 0.6 is 68.0 Å². The fourth-order valence-corrected chi connectivity index (χ4v) is 11.4. The Balaban J connectivity index is 0.951. The van der Waals surface area contributed by atoms with Gasteiger partial charge in [0.1, 0.15) is 10.0 Å². The maximum Gasteiger partial charge on any atom is 0.194 e. The van der Waals surface area contributed by atoms with E-state index in [1.54, 1.807) is 0 Å². The summed E-state index contributed by atoms with van der Waals surface area (Å²) in [6.45, 7) is 0. The van der Waals surface area contributed by atoms with Crippen LogP contribution in [0.3, 0.4) is 0 Å². The molecule has 0 atom stereocenters. The van der Waals surface area contributed by atoms with Crippen LogP contribution in [0.1, 0.15) is 0 Å². The number of nitrogens with zero attached hydrogens (tertiary/aromatic N) is 6. The van der Waals surface area contributed by atoms with Gasteiger partial charge in [-0.25, -0.2) is 56.2 Å². The maximum atomic E-state index is 13.8. The van der Waals surface area contributed by atoms with Gasteiger partial charge in [0.25, 0.3) is 0 Å². The van der Waals surface area contributed by atoms with Crippen LogP contribution < -0.4 is 0 Å². The van der Waals surface area contributed by atoms with Crippen molar-refractivity contribution in [2.75, 3.05) is 0 Å².